The van der Waals surface area contributed by atoms with Gasteiger partial charge in [-0.1, -0.05) is 53.7 Å². The van der Waals surface area contributed by atoms with E-state index in [1.165, 1.54) is 11.8 Å². The lowest BCUT2D eigenvalue weighted by atomic mass is 10.1. The highest BCUT2D eigenvalue weighted by atomic mass is 32.2. The Balaban J connectivity index is 1.33. The molecule has 198 valence electrons. The molecule has 1 aromatic heterocycles. The number of anilines is 1. The Kier molecular flexibility index (Phi) is 9.36. The monoisotopic (exact) mass is 539 g/mol. The van der Waals surface area contributed by atoms with Crippen LogP contribution in [0.15, 0.2) is 107 Å². The number of nitrogens with zero attached hydrogens (tertiary/aromatic N) is 5. The summed E-state index contributed by atoms with van der Waals surface area (Å²) >= 11 is 1.26. The summed E-state index contributed by atoms with van der Waals surface area (Å²) in [6, 6.07) is 23.6. The molecule has 0 spiro atoms. The molecule has 0 fully saturated rings. The van der Waals surface area contributed by atoms with Crippen LogP contribution in [0.5, 0.6) is 0 Å². The lowest BCUT2D eigenvalue weighted by Crippen LogP contribution is -2.28. The molecule has 0 aliphatic rings. The first-order valence-electron chi connectivity index (χ1n) is 12.3. The topological polar surface area (TPSA) is 114 Å². The van der Waals surface area contributed by atoms with Gasteiger partial charge in [0.05, 0.1) is 23.2 Å². The second-order valence-corrected chi connectivity index (χ2v) is 9.66. The molecule has 0 radical (unpaired) electrons. The van der Waals surface area contributed by atoms with E-state index in [0.29, 0.717) is 34.5 Å². The summed E-state index contributed by atoms with van der Waals surface area (Å²) in [6.07, 6.45) is 1.72. The molecule has 3 aromatic carbocycles. The summed E-state index contributed by atoms with van der Waals surface area (Å²) in [4.78, 5) is 25.3. The second kappa shape index (κ2) is 13.3. The summed E-state index contributed by atoms with van der Waals surface area (Å²) in [7, 11) is 0. The van der Waals surface area contributed by atoms with Crippen molar-refractivity contribution < 1.29 is 9.59 Å². The van der Waals surface area contributed by atoms with E-state index in [-0.39, 0.29) is 17.6 Å². The molecule has 1 heterocycles. The van der Waals surface area contributed by atoms with Crippen molar-refractivity contribution in [3.8, 4) is 0 Å². The van der Waals surface area contributed by atoms with Gasteiger partial charge in [-0.25, -0.2) is 0 Å². The first-order chi connectivity index (χ1) is 18.9. The maximum Gasteiger partial charge on any atom is 0.251 e. The van der Waals surface area contributed by atoms with Gasteiger partial charge in [0.25, 0.3) is 5.91 Å². The van der Waals surface area contributed by atoms with Gasteiger partial charge < -0.3 is 15.2 Å². The first-order valence-corrected chi connectivity index (χ1v) is 13.3. The molecule has 2 amide bonds. The fourth-order valence-electron chi connectivity index (χ4n) is 3.63. The smallest absolute Gasteiger partial charge is 0.251 e. The number of hydrogen-bond donors (Lipinski definition) is 2. The Morgan fingerprint density at radius 2 is 1.64 bits per heavy atom. The van der Waals surface area contributed by atoms with E-state index in [1.807, 2.05) is 60.9 Å². The molecule has 39 heavy (non-hydrogen) atoms. The number of hydrogen-bond acceptors (Lipinski definition) is 7. The third-order valence-electron chi connectivity index (χ3n) is 5.63. The van der Waals surface area contributed by atoms with E-state index < -0.39 is 6.04 Å². The van der Waals surface area contributed by atoms with Crippen molar-refractivity contribution in [2.75, 3.05) is 11.1 Å². The van der Waals surface area contributed by atoms with Crippen LogP contribution in [-0.4, -0.2) is 32.3 Å². The predicted molar refractivity (Wildman–Crippen MR) is 154 cm³/mol. The van der Waals surface area contributed by atoms with Crippen LogP contribution in [0, 0.1) is 6.92 Å². The molecular weight excluding hydrogens is 510 g/mol. The summed E-state index contributed by atoms with van der Waals surface area (Å²) in [5.41, 5.74) is 3.75. The van der Waals surface area contributed by atoms with Crippen LogP contribution in [0.2, 0.25) is 0 Å². The molecule has 0 aliphatic heterocycles. The van der Waals surface area contributed by atoms with Crippen LogP contribution >= 0.6 is 11.8 Å². The quantitative estimate of drug-likeness (QED) is 0.130. The minimum atomic E-state index is -0.396. The fraction of sp³-hybridized carbons (Fsp3) is 0.172. The standard InChI is InChI=1S/C29H29N7O2S/c1-4-18-36-27(21(3)30-28(38)22-12-10-20(2)11-13-22)34-35-29(36)39-19-26(37)31-23-14-16-25(17-15-23)33-32-24-8-6-5-7-9-24/h4-17,21H,1,18-19H2,2-3H3,(H,30,38)(H,31,37)/t21-/m0/s1. The summed E-state index contributed by atoms with van der Waals surface area (Å²) in [5, 5.41) is 23.3. The van der Waals surface area contributed by atoms with Crippen molar-refractivity contribution >= 4 is 40.6 Å². The van der Waals surface area contributed by atoms with Gasteiger partial charge in [0.1, 0.15) is 0 Å². The first kappa shape index (κ1) is 27.5. The number of benzene rings is 3. The summed E-state index contributed by atoms with van der Waals surface area (Å²) in [6.45, 7) is 8.07. The zero-order valence-electron chi connectivity index (χ0n) is 21.7. The molecule has 0 saturated carbocycles. The number of allylic oxidation sites excluding steroid dienone is 1. The molecule has 2 N–H and O–H groups in total. The van der Waals surface area contributed by atoms with Crippen LogP contribution in [0.1, 0.15) is 34.7 Å². The number of amides is 2. The SMILES string of the molecule is C=CCn1c(SCC(=O)Nc2ccc(N=Nc3ccccc3)cc2)nnc1[C@H](C)NC(=O)c1ccc(C)cc1. The summed E-state index contributed by atoms with van der Waals surface area (Å²) in [5.74, 6) is 0.332. The van der Waals surface area contributed by atoms with Crippen molar-refractivity contribution in [1.29, 1.82) is 0 Å². The third-order valence-corrected chi connectivity index (χ3v) is 6.59. The maximum absolute atomic E-state index is 12.7. The minimum Gasteiger partial charge on any atom is -0.342 e. The van der Waals surface area contributed by atoms with Crippen molar-refractivity contribution in [2.24, 2.45) is 10.2 Å². The van der Waals surface area contributed by atoms with Crippen molar-refractivity contribution in [3.05, 3.63) is 108 Å². The van der Waals surface area contributed by atoms with Gasteiger partial charge >= 0.3 is 0 Å². The lowest BCUT2D eigenvalue weighted by Gasteiger charge is -2.15. The fourth-order valence-corrected chi connectivity index (χ4v) is 4.38. The van der Waals surface area contributed by atoms with Crippen LogP contribution in [0.3, 0.4) is 0 Å². The van der Waals surface area contributed by atoms with Gasteiger partial charge in [0.2, 0.25) is 5.91 Å². The average molecular weight is 540 g/mol. The molecule has 4 aromatic rings. The number of carbonyl (C=O) groups excluding carboxylic acids is 2. The normalized spacial score (nSPS) is 11.7. The van der Waals surface area contributed by atoms with Gasteiger partial charge in [0, 0.05) is 17.8 Å². The number of thioether (sulfide) groups is 1. The van der Waals surface area contributed by atoms with Gasteiger partial charge in [-0.3, -0.25) is 9.59 Å². The molecule has 10 heteroatoms. The highest BCUT2D eigenvalue weighted by Crippen LogP contribution is 2.23. The number of rotatable bonds is 11. The lowest BCUT2D eigenvalue weighted by molar-refractivity contribution is -0.113. The van der Waals surface area contributed by atoms with E-state index in [1.54, 1.807) is 42.5 Å². The summed E-state index contributed by atoms with van der Waals surface area (Å²) < 4.78 is 1.84. The third kappa shape index (κ3) is 7.71. The van der Waals surface area contributed by atoms with E-state index in [0.717, 1.165) is 11.3 Å². The Morgan fingerprint density at radius 3 is 2.31 bits per heavy atom. The number of carbonyl (C=O) groups is 2. The van der Waals surface area contributed by atoms with Crippen molar-refractivity contribution in [2.45, 2.75) is 31.6 Å². The largest absolute Gasteiger partial charge is 0.342 e. The molecule has 0 saturated heterocycles. The van der Waals surface area contributed by atoms with Gasteiger partial charge in [0.15, 0.2) is 11.0 Å². The van der Waals surface area contributed by atoms with Gasteiger partial charge in [-0.05, 0) is 62.4 Å². The van der Waals surface area contributed by atoms with E-state index in [9.17, 15) is 9.59 Å². The maximum atomic E-state index is 12.7. The molecule has 0 bridgehead atoms. The number of aromatic nitrogens is 3. The molecule has 4 rings (SSSR count). The van der Waals surface area contributed by atoms with Crippen molar-refractivity contribution in [1.82, 2.24) is 20.1 Å². The average Bonchev–Trinajstić information content (AvgIpc) is 3.35. The van der Waals surface area contributed by atoms with Crippen LogP contribution in [0.4, 0.5) is 17.1 Å². The molecule has 1 atom stereocenters. The zero-order valence-corrected chi connectivity index (χ0v) is 22.6. The predicted octanol–water partition coefficient (Wildman–Crippen LogP) is 6.41. The molecule has 0 aliphatic carbocycles. The van der Waals surface area contributed by atoms with E-state index in [2.05, 4.69) is 37.6 Å². The van der Waals surface area contributed by atoms with Crippen LogP contribution in [-0.2, 0) is 11.3 Å². The van der Waals surface area contributed by atoms with E-state index >= 15 is 0 Å². The van der Waals surface area contributed by atoms with Gasteiger partial charge in [-0.2, -0.15) is 10.2 Å². The van der Waals surface area contributed by atoms with Crippen molar-refractivity contribution in [3.63, 3.8) is 0 Å². The second-order valence-electron chi connectivity index (χ2n) is 8.72. The number of aryl methyl sites for hydroxylation is 1. The Morgan fingerprint density at radius 1 is 0.974 bits per heavy atom. The van der Waals surface area contributed by atoms with Crippen LogP contribution in [0.25, 0.3) is 0 Å². The molecule has 9 nitrogen and oxygen atoms in total. The van der Waals surface area contributed by atoms with E-state index in [4.69, 9.17) is 0 Å². The molecule has 0 unspecified atom stereocenters. The highest BCUT2D eigenvalue weighted by Gasteiger charge is 2.20. The zero-order chi connectivity index (χ0) is 27.6. The highest BCUT2D eigenvalue weighted by molar-refractivity contribution is 7.99. The number of nitrogens with one attached hydrogen (secondary N) is 2. The molecular formula is C29H29N7O2S. The Bertz CT molecular complexity index is 1450. The van der Waals surface area contributed by atoms with Gasteiger partial charge in [-0.15, -0.1) is 16.8 Å². The Hall–Kier alpha value is -4.57. The minimum absolute atomic E-state index is 0.134. The Labute approximate surface area is 231 Å². The van der Waals surface area contributed by atoms with Crippen LogP contribution < -0.4 is 10.6 Å². The number of azo groups is 1.